The average molecular weight is 963 g/mol. The molecule has 0 unspecified atom stereocenters. The molecule has 0 bridgehead atoms. The van der Waals surface area contributed by atoms with Gasteiger partial charge in [0.25, 0.3) is 0 Å². The van der Waals surface area contributed by atoms with Crippen molar-refractivity contribution in [2.75, 3.05) is 52.9 Å². The molecule has 368 valence electrons. The van der Waals surface area contributed by atoms with Crippen LogP contribution in [0.2, 0.25) is 0 Å². The van der Waals surface area contributed by atoms with E-state index < -0.39 is 99.5 Å². The number of ether oxygens (including phenoxy) is 7. The second-order valence-corrected chi connectivity index (χ2v) is 17.8. The molecule has 0 radical (unpaired) electrons. The molecule has 13 heteroatoms. The van der Waals surface area contributed by atoms with Gasteiger partial charge in [0.15, 0.2) is 0 Å². The Hall–Kier alpha value is -7.90. The van der Waals surface area contributed by atoms with Crippen molar-refractivity contribution < 1.29 is 61.9 Å². The van der Waals surface area contributed by atoms with Crippen LogP contribution in [-0.4, -0.2) is 88.7 Å². The van der Waals surface area contributed by atoms with Crippen LogP contribution < -0.4 is 0 Å². The molecule has 0 aromatic heterocycles. The summed E-state index contributed by atoms with van der Waals surface area (Å²) in [5, 5.41) is 0. The van der Waals surface area contributed by atoms with Crippen LogP contribution in [0.4, 0.5) is 0 Å². The highest BCUT2D eigenvalue weighted by Crippen LogP contribution is 2.29. The predicted molar refractivity (Wildman–Crippen MR) is 264 cm³/mol. The molecule has 6 aromatic rings. The zero-order valence-corrected chi connectivity index (χ0v) is 40.8. The maximum Gasteiger partial charge on any atom is 0.338 e. The van der Waals surface area contributed by atoms with Gasteiger partial charge in [-0.2, -0.15) is 0 Å². The fourth-order valence-electron chi connectivity index (χ4n) is 7.57. The third kappa shape index (κ3) is 14.1. The third-order valence-electron chi connectivity index (χ3n) is 12.1. The van der Waals surface area contributed by atoms with Gasteiger partial charge in [-0.05, 0) is 111 Å². The number of rotatable bonds is 22. The molecule has 0 aliphatic rings. The van der Waals surface area contributed by atoms with Crippen LogP contribution in [0.25, 0.3) is 0 Å². The van der Waals surface area contributed by atoms with Crippen LogP contribution in [0.3, 0.4) is 0 Å². The molecule has 0 aliphatic heterocycles. The Morgan fingerprint density at radius 3 is 0.577 bits per heavy atom. The number of aryl methyl sites for hydroxylation is 6. The molecular formula is C58H58O13. The molecule has 0 aliphatic carbocycles. The van der Waals surface area contributed by atoms with E-state index >= 15 is 0 Å². The van der Waals surface area contributed by atoms with Gasteiger partial charge in [0, 0.05) is 0 Å². The van der Waals surface area contributed by atoms with E-state index in [1.54, 1.807) is 187 Å². The number of hydrogen-bond donors (Lipinski definition) is 0. The van der Waals surface area contributed by atoms with Crippen LogP contribution in [0.5, 0.6) is 0 Å². The summed E-state index contributed by atoms with van der Waals surface area (Å²) in [6, 6.07) is 41.0. The molecule has 6 aromatic carbocycles. The first kappa shape index (κ1) is 52.5. The van der Waals surface area contributed by atoms with Gasteiger partial charge in [0.1, 0.15) is 39.6 Å². The van der Waals surface area contributed by atoms with Crippen molar-refractivity contribution in [2.24, 2.45) is 10.8 Å². The van der Waals surface area contributed by atoms with Crippen LogP contribution in [0, 0.1) is 52.4 Å². The normalized spacial score (nSPS) is 11.2. The molecule has 0 heterocycles. The Morgan fingerprint density at radius 1 is 0.268 bits per heavy atom. The molecule has 0 saturated carbocycles. The maximum atomic E-state index is 13.8. The lowest BCUT2D eigenvalue weighted by Gasteiger charge is -2.35. The van der Waals surface area contributed by atoms with Gasteiger partial charge >= 0.3 is 35.8 Å². The quantitative estimate of drug-likeness (QED) is 0.0466. The Labute approximate surface area is 414 Å². The molecular weight excluding hydrogens is 905 g/mol. The second kappa shape index (κ2) is 24.6. The summed E-state index contributed by atoms with van der Waals surface area (Å²) in [4.78, 5) is 82.8. The molecule has 0 saturated heterocycles. The first-order valence-corrected chi connectivity index (χ1v) is 23.1. The van der Waals surface area contributed by atoms with E-state index in [0.29, 0.717) is 33.4 Å². The summed E-state index contributed by atoms with van der Waals surface area (Å²) in [6.07, 6.45) is 0. The monoisotopic (exact) mass is 962 g/mol. The Bertz CT molecular complexity index is 2370. The van der Waals surface area contributed by atoms with E-state index in [1.165, 1.54) is 0 Å². The van der Waals surface area contributed by atoms with E-state index in [2.05, 4.69) is 0 Å². The first-order valence-electron chi connectivity index (χ1n) is 23.1. The maximum absolute atomic E-state index is 13.8. The van der Waals surface area contributed by atoms with Crippen molar-refractivity contribution in [3.63, 3.8) is 0 Å². The molecule has 71 heavy (non-hydrogen) atoms. The van der Waals surface area contributed by atoms with Crippen molar-refractivity contribution in [1.29, 1.82) is 0 Å². The lowest BCUT2D eigenvalue weighted by atomic mass is 9.90. The largest absolute Gasteiger partial charge is 0.461 e. The summed E-state index contributed by atoms with van der Waals surface area (Å²) in [6.45, 7) is 6.65. The fraction of sp³-hybridized carbons (Fsp3) is 0.276. The van der Waals surface area contributed by atoms with Gasteiger partial charge in [-0.15, -0.1) is 0 Å². The zero-order valence-electron chi connectivity index (χ0n) is 40.8. The van der Waals surface area contributed by atoms with Crippen molar-refractivity contribution in [3.05, 3.63) is 212 Å². The highest BCUT2D eigenvalue weighted by Gasteiger charge is 2.42. The predicted octanol–water partition coefficient (Wildman–Crippen LogP) is 9.97. The Morgan fingerprint density at radius 2 is 0.423 bits per heavy atom. The van der Waals surface area contributed by atoms with E-state index in [9.17, 15) is 28.8 Å². The summed E-state index contributed by atoms with van der Waals surface area (Å²) in [5.74, 6) is -4.21. The van der Waals surface area contributed by atoms with Crippen LogP contribution in [0.15, 0.2) is 146 Å². The van der Waals surface area contributed by atoms with Gasteiger partial charge in [-0.3, -0.25) is 0 Å². The van der Waals surface area contributed by atoms with Crippen molar-refractivity contribution in [2.45, 2.75) is 41.5 Å². The Kier molecular flexibility index (Phi) is 18.2. The summed E-state index contributed by atoms with van der Waals surface area (Å²) in [7, 11) is 0. The van der Waals surface area contributed by atoms with Gasteiger partial charge in [-0.1, -0.05) is 109 Å². The van der Waals surface area contributed by atoms with Gasteiger partial charge < -0.3 is 33.2 Å². The van der Waals surface area contributed by atoms with Gasteiger partial charge in [-0.25, -0.2) is 28.8 Å². The number of benzene rings is 6. The molecule has 6 rings (SSSR count). The van der Waals surface area contributed by atoms with Crippen LogP contribution in [-0.2, 0) is 33.2 Å². The lowest BCUT2D eigenvalue weighted by Crippen LogP contribution is -2.47. The van der Waals surface area contributed by atoms with E-state index in [1.807, 2.05) is 0 Å². The molecule has 0 spiro atoms. The highest BCUT2D eigenvalue weighted by molar-refractivity contribution is 5.94. The molecule has 0 fully saturated rings. The standard InChI is InChI=1S/C58H58O13/c1-39-19-7-13-25-45(39)51(59)66-33-57(34-67-52(60)46-26-14-8-20-40(46)2,35-68-53(61)47-27-15-9-21-41(47)3)31-65-32-58(36-69-54(62)48-28-16-10-22-42(48)4,37-70-55(63)49-29-17-11-23-43(49)5)38-71-56(64)50-30-18-12-24-44(50)6/h7-30H,31-38H2,1-6H3. The van der Waals surface area contributed by atoms with Crippen molar-refractivity contribution in [3.8, 4) is 0 Å². The van der Waals surface area contributed by atoms with E-state index in [-0.39, 0.29) is 33.4 Å². The topological polar surface area (TPSA) is 167 Å². The first-order chi connectivity index (χ1) is 34.1. The fourth-order valence-corrected chi connectivity index (χ4v) is 7.57. The van der Waals surface area contributed by atoms with Gasteiger partial charge in [0.05, 0.1) is 57.4 Å². The second-order valence-electron chi connectivity index (χ2n) is 17.8. The Balaban J connectivity index is 1.39. The molecule has 13 nitrogen and oxygen atoms in total. The van der Waals surface area contributed by atoms with Crippen LogP contribution >= 0.6 is 0 Å². The summed E-state index contributed by atoms with van der Waals surface area (Å²) in [5.41, 5.74) is 2.26. The molecule has 0 atom stereocenters. The highest BCUT2D eigenvalue weighted by atomic mass is 16.6. The number of esters is 6. The smallest absolute Gasteiger partial charge is 0.338 e. The summed E-state index contributed by atoms with van der Waals surface area (Å²) < 4.78 is 42.5. The van der Waals surface area contributed by atoms with E-state index in [0.717, 1.165) is 0 Å². The molecule has 0 amide bonds. The van der Waals surface area contributed by atoms with Crippen LogP contribution in [0.1, 0.15) is 95.5 Å². The number of hydrogen-bond acceptors (Lipinski definition) is 13. The number of carbonyl (C=O) groups excluding carboxylic acids is 6. The van der Waals surface area contributed by atoms with E-state index in [4.69, 9.17) is 33.2 Å². The molecule has 0 N–H and O–H groups in total. The zero-order chi connectivity index (χ0) is 51.0. The minimum absolute atomic E-state index is 0.275. The lowest BCUT2D eigenvalue weighted by molar-refractivity contribution is -0.112. The minimum Gasteiger partial charge on any atom is -0.461 e. The van der Waals surface area contributed by atoms with Gasteiger partial charge in [0.2, 0.25) is 0 Å². The number of carbonyl (C=O) groups is 6. The summed E-state index contributed by atoms with van der Waals surface area (Å²) >= 11 is 0. The third-order valence-corrected chi connectivity index (χ3v) is 12.1. The van der Waals surface area contributed by atoms with Crippen molar-refractivity contribution >= 4 is 35.8 Å². The SMILES string of the molecule is Cc1ccccc1C(=O)OCC(COCC(COC(=O)c1ccccc1C)(COC(=O)c1ccccc1C)COC(=O)c1ccccc1C)(COC(=O)c1ccccc1C)COC(=O)c1ccccc1C. The average Bonchev–Trinajstić information content (AvgIpc) is 3.37. The van der Waals surface area contributed by atoms with Crippen molar-refractivity contribution in [1.82, 2.24) is 0 Å². The minimum atomic E-state index is -1.62.